The third kappa shape index (κ3) is 3.21. The number of ether oxygens (including phenoxy) is 1. The number of carbonyl (C=O) groups is 1. The number of halogens is 1. The van der Waals surface area contributed by atoms with E-state index in [-0.39, 0.29) is 17.9 Å². The molecule has 1 aliphatic rings. The van der Waals surface area contributed by atoms with Crippen molar-refractivity contribution in [3.8, 4) is 5.75 Å². The Morgan fingerprint density at radius 3 is 2.89 bits per heavy atom. The van der Waals surface area contributed by atoms with E-state index in [9.17, 15) is 4.79 Å². The van der Waals surface area contributed by atoms with Gasteiger partial charge in [-0.25, -0.2) is 0 Å². The molecule has 3 nitrogen and oxygen atoms in total. The molecule has 1 atom stereocenters. The monoisotopic (exact) mass is 281 g/mol. The smallest absolute Gasteiger partial charge is 0.223 e. The summed E-state index contributed by atoms with van der Waals surface area (Å²) in [7, 11) is 0. The Bertz CT molecular complexity index is 457. The Morgan fingerprint density at radius 2 is 2.21 bits per heavy atom. The van der Waals surface area contributed by atoms with Gasteiger partial charge in [0, 0.05) is 22.9 Å². The first-order valence-electron chi connectivity index (χ1n) is 6.88. The van der Waals surface area contributed by atoms with Crippen molar-refractivity contribution in [1.82, 2.24) is 5.32 Å². The van der Waals surface area contributed by atoms with Crippen LogP contribution in [-0.2, 0) is 4.79 Å². The largest absolute Gasteiger partial charge is 0.493 e. The van der Waals surface area contributed by atoms with Crippen molar-refractivity contribution in [3.63, 3.8) is 0 Å². The standard InChI is InChI=1S/C15H20ClNO2/c1-3-10(4-2)15(18)17-13-7-8-19-14-6-5-11(16)9-12(13)14/h5-6,9-10,13H,3-4,7-8H2,1-2H3,(H,17,18). The summed E-state index contributed by atoms with van der Waals surface area (Å²) in [5.41, 5.74) is 0.984. The molecule has 19 heavy (non-hydrogen) atoms. The third-order valence-electron chi connectivity index (χ3n) is 3.68. The lowest BCUT2D eigenvalue weighted by Crippen LogP contribution is -2.36. The summed E-state index contributed by atoms with van der Waals surface area (Å²) >= 11 is 6.03. The topological polar surface area (TPSA) is 38.3 Å². The van der Waals surface area contributed by atoms with E-state index in [2.05, 4.69) is 5.32 Å². The number of hydrogen-bond acceptors (Lipinski definition) is 2. The van der Waals surface area contributed by atoms with Gasteiger partial charge in [-0.3, -0.25) is 4.79 Å². The lowest BCUT2D eigenvalue weighted by molar-refractivity contribution is -0.126. The molecule has 0 bridgehead atoms. The van der Waals surface area contributed by atoms with Crippen LogP contribution in [0, 0.1) is 5.92 Å². The van der Waals surface area contributed by atoms with Crippen molar-refractivity contribution in [2.24, 2.45) is 5.92 Å². The van der Waals surface area contributed by atoms with Gasteiger partial charge < -0.3 is 10.1 Å². The van der Waals surface area contributed by atoms with Crippen LogP contribution in [0.1, 0.15) is 44.7 Å². The Kier molecular flexibility index (Phi) is 4.70. The molecular formula is C15H20ClNO2. The van der Waals surface area contributed by atoms with Gasteiger partial charge in [-0.05, 0) is 31.0 Å². The van der Waals surface area contributed by atoms with Gasteiger partial charge in [0.2, 0.25) is 5.91 Å². The number of fused-ring (bicyclic) bond motifs is 1. The van der Waals surface area contributed by atoms with E-state index in [1.807, 2.05) is 32.0 Å². The Labute approximate surface area is 119 Å². The van der Waals surface area contributed by atoms with Crippen LogP contribution in [0.5, 0.6) is 5.75 Å². The number of benzene rings is 1. The second kappa shape index (κ2) is 6.29. The van der Waals surface area contributed by atoms with E-state index in [0.29, 0.717) is 11.6 Å². The Morgan fingerprint density at radius 1 is 1.47 bits per heavy atom. The van der Waals surface area contributed by atoms with Crippen molar-refractivity contribution in [2.45, 2.75) is 39.2 Å². The molecule has 0 fully saturated rings. The molecule has 0 radical (unpaired) electrons. The van der Waals surface area contributed by atoms with Crippen molar-refractivity contribution < 1.29 is 9.53 Å². The Hall–Kier alpha value is -1.22. The molecule has 0 aromatic heterocycles. The molecule has 0 saturated carbocycles. The van der Waals surface area contributed by atoms with E-state index in [1.54, 1.807) is 0 Å². The zero-order valence-corrected chi connectivity index (χ0v) is 12.2. The third-order valence-corrected chi connectivity index (χ3v) is 3.92. The van der Waals surface area contributed by atoms with Gasteiger partial charge in [-0.15, -0.1) is 0 Å². The number of rotatable bonds is 4. The van der Waals surface area contributed by atoms with E-state index in [4.69, 9.17) is 16.3 Å². The van der Waals surface area contributed by atoms with Crippen LogP contribution in [0.3, 0.4) is 0 Å². The van der Waals surface area contributed by atoms with Gasteiger partial charge in [0.25, 0.3) is 0 Å². The lowest BCUT2D eigenvalue weighted by Gasteiger charge is -2.28. The highest BCUT2D eigenvalue weighted by Crippen LogP contribution is 2.34. The maximum Gasteiger partial charge on any atom is 0.223 e. The number of carbonyl (C=O) groups excluding carboxylic acids is 1. The number of hydrogen-bond donors (Lipinski definition) is 1. The minimum atomic E-state index is 0.00977. The predicted octanol–water partition coefficient (Wildman–Crippen LogP) is 3.72. The maximum atomic E-state index is 12.2. The molecule has 1 aromatic rings. The summed E-state index contributed by atoms with van der Waals surface area (Å²) < 4.78 is 5.59. The Balaban J connectivity index is 2.15. The van der Waals surface area contributed by atoms with E-state index < -0.39 is 0 Å². The molecule has 1 aliphatic heterocycles. The van der Waals surface area contributed by atoms with Crippen molar-refractivity contribution in [3.05, 3.63) is 28.8 Å². The average molecular weight is 282 g/mol. The quantitative estimate of drug-likeness (QED) is 0.913. The molecule has 1 unspecified atom stereocenters. The van der Waals surface area contributed by atoms with Crippen LogP contribution in [0.25, 0.3) is 0 Å². The first-order chi connectivity index (χ1) is 9.15. The van der Waals surface area contributed by atoms with Gasteiger partial charge in [-0.1, -0.05) is 25.4 Å². The molecule has 2 rings (SSSR count). The summed E-state index contributed by atoms with van der Waals surface area (Å²) in [6.07, 6.45) is 2.53. The SMILES string of the molecule is CCC(CC)C(=O)NC1CCOc2ccc(Cl)cc21. The van der Waals surface area contributed by atoms with Crippen molar-refractivity contribution in [1.29, 1.82) is 0 Å². The number of amides is 1. The van der Waals surface area contributed by atoms with Crippen LogP contribution < -0.4 is 10.1 Å². The zero-order chi connectivity index (χ0) is 13.8. The molecule has 0 spiro atoms. The molecular weight excluding hydrogens is 262 g/mol. The van der Waals surface area contributed by atoms with Gasteiger partial charge in [0.15, 0.2) is 0 Å². The van der Waals surface area contributed by atoms with Crippen molar-refractivity contribution in [2.75, 3.05) is 6.61 Å². The van der Waals surface area contributed by atoms with Crippen molar-refractivity contribution >= 4 is 17.5 Å². The number of nitrogens with one attached hydrogen (secondary N) is 1. The molecule has 0 saturated heterocycles. The zero-order valence-electron chi connectivity index (χ0n) is 11.4. The van der Waals surface area contributed by atoms with Gasteiger partial charge >= 0.3 is 0 Å². The first kappa shape index (κ1) is 14.2. The van der Waals surface area contributed by atoms with Crippen LogP contribution in [0.4, 0.5) is 0 Å². The normalized spacial score (nSPS) is 17.8. The fourth-order valence-corrected chi connectivity index (χ4v) is 2.64. The van der Waals surface area contributed by atoms with E-state index >= 15 is 0 Å². The minimum absolute atomic E-state index is 0.00977. The molecule has 1 amide bonds. The first-order valence-corrected chi connectivity index (χ1v) is 7.26. The summed E-state index contributed by atoms with van der Waals surface area (Å²) in [5, 5.41) is 3.80. The highest BCUT2D eigenvalue weighted by molar-refractivity contribution is 6.30. The molecule has 1 aromatic carbocycles. The summed E-state index contributed by atoms with van der Waals surface area (Å²) in [5.74, 6) is 1.04. The molecule has 1 heterocycles. The summed E-state index contributed by atoms with van der Waals surface area (Å²) in [6.45, 7) is 4.72. The second-order valence-corrected chi connectivity index (χ2v) is 5.33. The maximum absolute atomic E-state index is 12.2. The molecule has 4 heteroatoms. The predicted molar refractivity (Wildman–Crippen MR) is 76.5 cm³/mol. The molecule has 104 valence electrons. The highest BCUT2D eigenvalue weighted by atomic mass is 35.5. The lowest BCUT2D eigenvalue weighted by atomic mass is 9.97. The van der Waals surface area contributed by atoms with Gasteiger partial charge in [0.05, 0.1) is 12.6 Å². The van der Waals surface area contributed by atoms with E-state index in [1.165, 1.54) is 0 Å². The van der Waals surface area contributed by atoms with Gasteiger partial charge in [0.1, 0.15) is 5.75 Å². The van der Waals surface area contributed by atoms with E-state index in [0.717, 1.165) is 30.6 Å². The molecule has 1 N–H and O–H groups in total. The van der Waals surface area contributed by atoms with Crippen LogP contribution in [-0.4, -0.2) is 12.5 Å². The summed E-state index contributed by atoms with van der Waals surface area (Å²) in [4.78, 5) is 12.2. The van der Waals surface area contributed by atoms with Crippen LogP contribution in [0.2, 0.25) is 5.02 Å². The van der Waals surface area contributed by atoms with Crippen LogP contribution in [0.15, 0.2) is 18.2 Å². The molecule has 0 aliphatic carbocycles. The fraction of sp³-hybridized carbons (Fsp3) is 0.533. The second-order valence-electron chi connectivity index (χ2n) is 4.89. The van der Waals surface area contributed by atoms with Gasteiger partial charge in [-0.2, -0.15) is 0 Å². The minimum Gasteiger partial charge on any atom is -0.493 e. The average Bonchev–Trinajstić information content (AvgIpc) is 2.41. The fourth-order valence-electron chi connectivity index (χ4n) is 2.46. The highest BCUT2D eigenvalue weighted by Gasteiger charge is 2.25. The summed E-state index contributed by atoms with van der Waals surface area (Å²) in [6, 6.07) is 5.57. The van der Waals surface area contributed by atoms with Crippen LogP contribution >= 0.6 is 11.6 Å².